The average Bonchev–Trinajstić information content (AvgIpc) is 2.87. The Morgan fingerprint density at radius 2 is 1.79 bits per heavy atom. The topological polar surface area (TPSA) is 55.2 Å². The Morgan fingerprint density at radius 1 is 1.16 bits per heavy atom. The highest BCUT2D eigenvalue weighted by Gasteiger charge is 2.16. The van der Waals surface area contributed by atoms with Crippen molar-refractivity contribution in [2.45, 2.75) is 18.4 Å². The van der Waals surface area contributed by atoms with Crippen LogP contribution in [0.4, 0.5) is 0 Å². The van der Waals surface area contributed by atoms with Crippen LogP contribution in [0.5, 0.6) is 0 Å². The van der Waals surface area contributed by atoms with Gasteiger partial charge in [-0.1, -0.05) is 12.1 Å². The van der Waals surface area contributed by atoms with Gasteiger partial charge in [0.1, 0.15) is 0 Å². The maximum atomic E-state index is 11.9. The molecule has 2 aromatic rings. The molecular formula is C13H17N3O2S. The van der Waals surface area contributed by atoms with Gasteiger partial charge in [-0.15, -0.1) is 0 Å². The van der Waals surface area contributed by atoms with Gasteiger partial charge in [0.15, 0.2) is 0 Å². The lowest BCUT2D eigenvalue weighted by Crippen LogP contribution is -2.22. The molecule has 0 unspecified atom stereocenters. The molecule has 19 heavy (non-hydrogen) atoms. The highest BCUT2D eigenvalue weighted by atomic mass is 32.2. The number of aromatic nitrogens is 2. The maximum absolute atomic E-state index is 11.9. The van der Waals surface area contributed by atoms with Crippen LogP contribution >= 0.6 is 0 Å². The van der Waals surface area contributed by atoms with Crippen LogP contribution < -0.4 is 0 Å². The molecule has 0 saturated carbocycles. The van der Waals surface area contributed by atoms with E-state index >= 15 is 0 Å². The van der Waals surface area contributed by atoms with Crippen molar-refractivity contribution in [1.82, 2.24) is 14.1 Å². The van der Waals surface area contributed by atoms with Crippen LogP contribution in [0.15, 0.2) is 41.6 Å². The minimum absolute atomic E-state index is 0.295. The number of rotatable bonds is 4. The number of sulfonamides is 1. The highest BCUT2D eigenvalue weighted by molar-refractivity contribution is 7.89. The number of nitrogens with zero attached hydrogens (tertiary/aromatic N) is 3. The first kappa shape index (κ1) is 13.8. The molecule has 0 fully saturated rings. The van der Waals surface area contributed by atoms with Crippen LogP contribution in [0, 0.1) is 0 Å². The largest absolute Gasteiger partial charge is 0.272 e. The number of benzene rings is 1. The Hall–Kier alpha value is -1.66. The lowest BCUT2D eigenvalue weighted by atomic mass is 10.1. The van der Waals surface area contributed by atoms with Crippen LogP contribution in [0.3, 0.4) is 0 Å². The number of hydrogen-bond donors (Lipinski definition) is 0. The van der Waals surface area contributed by atoms with Gasteiger partial charge >= 0.3 is 0 Å². The summed E-state index contributed by atoms with van der Waals surface area (Å²) in [7, 11) is -0.318. The Morgan fingerprint density at radius 3 is 2.26 bits per heavy atom. The van der Waals surface area contributed by atoms with Gasteiger partial charge in [-0.25, -0.2) is 12.7 Å². The van der Waals surface area contributed by atoms with Gasteiger partial charge in [0.2, 0.25) is 10.0 Å². The molecule has 0 amide bonds. The van der Waals surface area contributed by atoms with E-state index in [9.17, 15) is 8.42 Å². The molecule has 1 aromatic heterocycles. The summed E-state index contributed by atoms with van der Waals surface area (Å²) >= 11 is 0. The smallest absolute Gasteiger partial charge is 0.242 e. The molecule has 0 aliphatic heterocycles. The van der Waals surface area contributed by atoms with E-state index in [1.807, 2.05) is 17.8 Å². The average molecular weight is 279 g/mol. The Kier molecular flexibility index (Phi) is 3.73. The second-order valence-corrected chi connectivity index (χ2v) is 6.55. The van der Waals surface area contributed by atoms with E-state index in [-0.39, 0.29) is 0 Å². The fraction of sp³-hybridized carbons (Fsp3) is 0.308. The molecule has 0 radical (unpaired) electrons. The van der Waals surface area contributed by atoms with E-state index < -0.39 is 10.0 Å². The number of hydrogen-bond acceptors (Lipinski definition) is 3. The zero-order chi connectivity index (χ0) is 14.0. The van der Waals surface area contributed by atoms with Crippen molar-refractivity contribution in [3.05, 3.63) is 36.7 Å². The molecule has 2 rings (SSSR count). The normalized spacial score (nSPS) is 12.0. The molecule has 0 saturated heterocycles. The fourth-order valence-corrected chi connectivity index (χ4v) is 2.62. The van der Waals surface area contributed by atoms with E-state index in [0.717, 1.165) is 17.7 Å². The first-order valence-corrected chi connectivity index (χ1v) is 7.44. The third-order valence-electron chi connectivity index (χ3n) is 2.92. The van der Waals surface area contributed by atoms with Crippen LogP contribution in [0.1, 0.15) is 6.92 Å². The van der Waals surface area contributed by atoms with Gasteiger partial charge < -0.3 is 0 Å². The molecule has 0 spiro atoms. The van der Waals surface area contributed by atoms with E-state index in [1.54, 1.807) is 30.5 Å². The molecule has 5 nitrogen and oxygen atoms in total. The lowest BCUT2D eigenvalue weighted by molar-refractivity contribution is 0.521. The predicted octanol–water partition coefficient (Wildman–Crippen LogP) is 1.82. The summed E-state index contributed by atoms with van der Waals surface area (Å²) in [6.45, 7) is 2.83. The second kappa shape index (κ2) is 5.14. The second-order valence-electron chi connectivity index (χ2n) is 4.40. The quantitative estimate of drug-likeness (QED) is 0.858. The van der Waals surface area contributed by atoms with E-state index in [1.165, 1.54) is 18.4 Å². The van der Waals surface area contributed by atoms with Gasteiger partial charge in [0.05, 0.1) is 11.1 Å². The molecule has 0 N–H and O–H groups in total. The maximum Gasteiger partial charge on any atom is 0.242 e. The molecule has 1 heterocycles. The van der Waals surface area contributed by atoms with Crippen molar-refractivity contribution in [3.8, 4) is 11.1 Å². The highest BCUT2D eigenvalue weighted by Crippen LogP contribution is 2.21. The van der Waals surface area contributed by atoms with E-state index in [2.05, 4.69) is 5.10 Å². The van der Waals surface area contributed by atoms with Crippen LogP contribution in [0.25, 0.3) is 11.1 Å². The van der Waals surface area contributed by atoms with Crippen molar-refractivity contribution in [2.75, 3.05) is 14.1 Å². The molecule has 0 bridgehead atoms. The van der Waals surface area contributed by atoms with Gasteiger partial charge in [0, 0.05) is 32.4 Å². The van der Waals surface area contributed by atoms with Crippen molar-refractivity contribution in [1.29, 1.82) is 0 Å². The summed E-state index contributed by atoms with van der Waals surface area (Å²) in [6.07, 6.45) is 3.72. The van der Waals surface area contributed by atoms with E-state index in [4.69, 9.17) is 0 Å². The Labute approximate surface area is 113 Å². The van der Waals surface area contributed by atoms with Gasteiger partial charge in [-0.05, 0) is 24.6 Å². The third kappa shape index (κ3) is 2.69. The predicted molar refractivity (Wildman–Crippen MR) is 74.2 cm³/mol. The number of aryl methyl sites for hydroxylation is 1. The third-order valence-corrected chi connectivity index (χ3v) is 4.75. The summed E-state index contributed by atoms with van der Waals surface area (Å²) in [5, 5.41) is 4.20. The molecule has 0 atom stereocenters. The molecule has 6 heteroatoms. The van der Waals surface area contributed by atoms with Crippen LogP contribution in [-0.2, 0) is 16.6 Å². The molecule has 0 aliphatic carbocycles. The SMILES string of the molecule is CCn1cc(-c2ccc(S(=O)(=O)N(C)C)cc2)cn1. The Bertz CT molecular complexity index is 657. The van der Waals surface area contributed by atoms with Crippen molar-refractivity contribution >= 4 is 10.0 Å². The first-order valence-electron chi connectivity index (χ1n) is 6.00. The fourth-order valence-electron chi connectivity index (χ4n) is 1.72. The lowest BCUT2D eigenvalue weighted by Gasteiger charge is -2.11. The van der Waals surface area contributed by atoms with Crippen molar-refractivity contribution in [3.63, 3.8) is 0 Å². The summed E-state index contributed by atoms with van der Waals surface area (Å²) in [5.74, 6) is 0. The van der Waals surface area contributed by atoms with Crippen LogP contribution in [0.2, 0.25) is 0 Å². The standard InChI is InChI=1S/C13H17N3O2S/c1-4-16-10-12(9-14-16)11-5-7-13(8-6-11)19(17,18)15(2)3/h5-10H,4H2,1-3H3. The van der Waals surface area contributed by atoms with Gasteiger partial charge in [-0.3, -0.25) is 4.68 Å². The van der Waals surface area contributed by atoms with Crippen molar-refractivity contribution in [2.24, 2.45) is 0 Å². The van der Waals surface area contributed by atoms with Gasteiger partial charge in [-0.2, -0.15) is 5.10 Å². The Balaban J connectivity index is 2.33. The molecule has 1 aromatic carbocycles. The summed E-state index contributed by atoms with van der Waals surface area (Å²) < 4.78 is 26.9. The summed E-state index contributed by atoms with van der Waals surface area (Å²) in [4.78, 5) is 0.295. The van der Waals surface area contributed by atoms with Crippen molar-refractivity contribution < 1.29 is 8.42 Å². The van der Waals surface area contributed by atoms with Crippen LogP contribution in [-0.4, -0.2) is 36.6 Å². The van der Waals surface area contributed by atoms with Gasteiger partial charge in [0.25, 0.3) is 0 Å². The first-order chi connectivity index (χ1) is 8.95. The monoisotopic (exact) mass is 279 g/mol. The molecule has 102 valence electrons. The molecule has 0 aliphatic rings. The zero-order valence-corrected chi connectivity index (χ0v) is 12.1. The molecular weight excluding hydrogens is 262 g/mol. The summed E-state index contributed by atoms with van der Waals surface area (Å²) in [5.41, 5.74) is 1.94. The zero-order valence-electron chi connectivity index (χ0n) is 11.2. The minimum Gasteiger partial charge on any atom is -0.272 e. The minimum atomic E-state index is -3.36. The summed E-state index contributed by atoms with van der Waals surface area (Å²) in [6, 6.07) is 6.84. The van der Waals surface area contributed by atoms with E-state index in [0.29, 0.717) is 4.90 Å².